The fourth-order valence-electron chi connectivity index (χ4n) is 3.39. The van der Waals surface area contributed by atoms with Crippen LogP contribution in [0.2, 0.25) is 0 Å². The first kappa shape index (κ1) is 25.1. The molecule has 3 rings (SSSR count). The predicted octanol–water partition coefficient (Wildman–Crippen LogP) is 4.30. The Hall–Kier alpha value is -3.52. The summed E-state index contributed by atoms with van der Waals surface area (Å²) in [6.45, 7) is 5.59. The van der Waals surface area contributed by atoms with Gasteiger partial charge < -0.3 is 14.8 Å². The van der Waals surface area contributed by atoms with Crippen LogP contribution in [0.25, 0.3) is 0 Å². The number of rotatable bonds is 10. The van der Waals surface area contributed by atoms with Crippen LogP contribution in [-0.2, 0) is 21.4 Å². The van der Waals surface area contributed by atoms with Crippen molar-refractivity contribution in [1.82, 2.24) is 5.32 Å². The van der Waals surface area contributed by atoms with E-state index in [-0.39, 0.29) is 24.1 Å². The van der Waals surface area contributed by atoms with Gasteiger partial charge >= 0.3 is 0 Å². The fourth-order valence-corrected chi connectivity index (χ4v) is 4.90. The van der Waals surface area contributed by atoms with E-state index < -0.39 is 15.9 Å². The van der Waals surface area contributed by atoms with Crippen LogP contribution in [0, 0.1) is 6.92 Å². The van der Waals surface area contributed by atoms with Crippen LogP contribution >= 0.6 is 0 Å². The second-order valence-electron chi connectivity index (χ2n) is 8.07. The summed E-state index contributed by atoms with van der Waals surface area (Å²) >= 11 is 0. The number of anilines is 1. The number of amides is 1. The van der Waals surface area contributed by atoms with E-state index in [9.17, 15) is 13.2 Å². The van der Waals surface area contributed by atoms with Crippen LogP contribution < -0.4 is 19.1 Å². The smallest absolute Gasteiger partial charge is 0.264 e. The molecule has 0 aliphatic carbocycles. The van der Waals surface area contributed by atoms with E-state index in [2.05, 4.69) is 5.32 Å². The number of carbonyl (C=O) groups is 1. The Morgan fingerprint density at radius 1 is 1.00 bits per heavy atom. The Balaban J connectivity index is 1.77. The SMILES string of the molecule is COc1ccc(S(=O)(=O)N(CC(=O)NCc2ccc(OC(C)C)cc2)c2ccccc2)cc1C. The van der Waals surface area contributed by atoms with Crippen LogP contribution in [0.4, 0.5) is 5.69 Å². The van der Waals surface area contributed by atoms with Crippen molar-refractivity contribution in [2.75, 3.05) is 18.0 Å². The zero-order valence-electron chi connectivity index (χ0n) is 19.8. The average Bonchev–Trinajstić information content (AvgIpc) is 2.82. The van der Waals surface area contributed by atoms with Gasteiger partial charge in [0.1, 0.15) is 18.0 Å². The van der Waals surface area contributed by atoms with Gasteiger partial charge in [-0.2, -0.15) is 0 Å². The van der Waals surface area contributed by atoms with Gasteiger partial charge in [-0.3, -0.25) is 9.10 Å². The average molecular weight is 483 g/mol. The van der Waals surface area contributed by atoms with Gasteiger partial charge in [0.05, 0.1) is 23.8 Å². The number of para-hydroxylation sites is 1. The van der Waals surface area contributed by atoms with Gasteiger partial charge in [-0.05, 0) is 74.4 Å². The molecule has 180 valence electrons. The fraction of sp³-hybridized carbons (Fsp3) is 0.269. The highest BCUT2D eigenvalue weighted by atomic mass is 32.2. The summed E-state index contributed by atoms with van der Waals surface area (Å²) in [5.41, 5.74) is 1.97. The predicted molar refractivity (Wildman–Crippen MR) is 133 cm³/mol. The molecule has 0 aliphatic rings. The van der Waals surface area contributed by atoms with Gasteiger partial charge in [0.25, 0.3) is 10.0 Å². The maximum Gasteiger partial charge on any atom is 0.264 e. The Morgan fingerprint density at radius 3 is 2.26 bits per heavy atom. The van der Waals surface area contributed by atoms with Crippen LogP contribution in [0.5, 0.6) is 11.5 Å². The Bertz CT molecular complexity index is 1210. The highest BCUT2D eigenvalue weighted by Gasteiger charge is 2.27. The molecule has 0 aromatic heterocycles. The quantitative estimate of drug-likeness (QED) is 0.466. The van der Waals surface area contributed by atoms with Crippen LogP contribution in [0.3, 0.4) is 0 Å². The molecular weight excluding hydrogens is 452 g/mol. The monoisotopic (exact) mass is 482 g/mol. The number of nitrogens with zero attached hydrogens (tertiary/aromatic N) is 1. The first-order chi connectivity index (χ1) is 16.2. The van der Waals surface area contributed by atoms with Crippen molar-refractivity contribution >= 4 is 21.6 Å². The van der Waals surface area contributed by atoms with Crippen LogP contribution in [0.1, 0.15) is 25.0 Å². The summed E-state index contributed by atoms with van der Waals surface area (Å²) in [6, 6.07) is 20.6. The Kier molecular flexibility index (Phi) is 8.17. The molecule has 0 radical (unpaired) electrons. The van der Waals surface area contributed by atoms with Gasteiger partial charge in [-0.15, -0.1) is 0 Å². The molecule has 0 unspecified atom stereocenters. The molecule has 0 heterocycles. The molecule has 0 atom stereocenters. The largest absolute Gasteiger partial charge is 0.496 e. The summed E-state index contributed by atoms with van der Waals surface area (Å²) in [5.74, 6) is 0.925. The second kappa shape index (κ2) is 11.1. The highest BCUT2D eigenvalue weighted by molar-refractivity contribution is 7.92. The van der Waals surface area contributed by atoms with E-state index in [0.29, 0.717) is 17.0 Å². The van der Waals surface area contributed by atoms with Gasteiger partial charge in [0.2, 0.25) is 5.91 Å². The standard InChI is InChI=1S/C26H30N2O5S/c1-19(2)33-23-12-10-21(11-13-23)17-27-26(29)18-28(22-8-6-5-7-9-22)34(30,31)24-14-15-25(32-4)20(3)16-24/h5-16,19H,17-18H2,1-4H3,(H,27,29). The number of carbonyl (C=O) groups excluding carboxylic acids is 1. The van der Waals surface area contributed by atoms with Crippen molar-refractivity contribution in [2.24, 2.45) is 0 Å². The van der Waals surface area contributed by atoms with Crippen molar-refractivity contribution in [1.29, 1.82) is 0 Å². The lowest BCUT2D eigenvalue weighted by atomic mass is 10.2. The Labute approximate surface area is 201 Å². The van der Waals surface area contributed by atoms with Crippen molar-refractivity contribution < 1.29 is 22.7 Å². The van der Waals surface area contributed by atoms with Crippen molar-refractivity contribution in [3.63, 3.8) is 0 Å². The third-order valence-corrected chi connectivity index (χ3v) is 6.84. The number of hydrogen-bond donors (Lipinski definition) is 1. The third kappa shape index (κ3) is 6.29. The van der Waals surface area contributed by atoms with E-state index in [1.807, 2.05) is 38.1 Å². The number of benzene rings is 3. The minimum absolute atomic E-state index is 0.0750. The number of hydrogen-bond acceptors (Lipinski definition) is 5. The minimum Gasteiger partial charge on any atom is -0.496 e. The minimum atomic E-state index is -4.00. The maximum atomic E-state index is 13.5. The molecule has 3 aromatic carbocycles. The van der Waals surface area contributed by atoms with E-state index in [1.165, 1.54) is 13.2 Å². The van der Waals surface area contributed by atoms with Gasteiger partial charge in [0, 0.05) is 6.54 Å². The first-order valence-electron chi connectivity index (χ1n) is 11.0. The van der Waals surface area contributed by atoms with E-state index in [0.717, 1.165) is 15.6 Å². The molecule has 0 bridgehead atoms. The van der Waals surface area contributed by atoms with E-state index in [4.69, 9.17) is 9.47 Å². The topological polar surface area (TPSA) is 84.9 Å². The number of ether oxygens (including phenoxy) is 2. The molecule has 0 spiro atoms. The summed E-state index contributed by atoms with van der Waals surface area (Å²) in [7, 11) is -2.47. The maximum absolute atomic E-state index is 13.5. The first-order valence-corrected chi connectivity index (χ1v) is 12.4. The summed E-state index contributed by atoms with van der Waals surface area (Å²) < 4.78 is 39.0. The Morgan fingerprint density at radius 2 is 1.68 bits per heavy atom. The molecule has 1 N–H and O–H groups in total. The van der Waals surface area contributed by atoms with Gasteiger partial charge in [0.15, 0.2) is 0 Å². The van der Waals surface area contributed by atoms with Gasteiger partial charge in [-0.25, -0.2) is 8.42 Å². The lowest BCUT2D eigenvalue weighted by Gasteiger charge is -2.24. The van der Waals surface area contributed by atoms with Crippen molar-refractivity contribution in [3.8, 4) is 11.5 Å². The summed E-state index contributed by atoms with van der Waals surface area (Å²) in [4.78, 5) is 12.9. The molecule has 0 saturated heterocycles. The van der Waals surface area contributed by atoms with Crippen LogP contribution in [-0.4, -0.2) is 34.1 Å². The zero-order valence-corrected chi connectivity index (χ0v) is 20.6. The van der Waals surface area contributed by atoms with E-state index in [1.54, 1.807) is 49.4 Å². The molecule has 7 nitrogen and oxygen atoms in total. The zero-order chi connectivity index (χ0) is 24.7. The van der Waals surface area contributed by atoms with Gasteiger partial charge in [-0.1, -0.05) is 30.3 Å². The molecule has 8 heteroatoms. The molecule has 1 amide bonds. The number of nitrogens with one attached hydrogen (secondary N) is 1. The summed E-state index contributed by atoms with van der Waals surface area (Å²) in [5, 5.41) is 2.81. The number of aryl methyl sites for hydroxylation is 1. The summed E-state index contributed by atoms with van der Waals surface area (Å²) in [6.07, 6.45) is 0.0750. The van der Waals surface area contributed by atoms with Crippen molar-refractivity contribution in [3.05, 3.63) is 83.9 Å². The number of methoxy groups -OCH3 is 1. The normalized spacial score (nSPS) is 11.2. The molecule has 34 heavy (non-hydrogen) atoms. The van der Waals surface area contributed by atoms with Crippen LogP contribution in [0.15, 0.2) is 77.7 Å². The molecule has 3 aromatic rings. The molecule has 0 saturated carbocycles. The third-order valence-electron chi connectivity index (χ3n) is 5.07. The highest BCUT2D eigenvalue weighted by Crippen LogP contribution is 2.27. The van der Waals surface area contributed by atoms with E-state index >= 15 is 0 Å². The second-order valence-corrected chi connectivity index (χ2v) is 9.93. The lowest BCUT2D eigenvalue weighted by Crippen LogP contribution is -2.40. The van der Waals surface area contributed by atoms with Crippen molar-refractivity contribution in [2.45, 2.75) is 38.3 Å². The molecule has 0 fully saturated rings. The molecule has 0 aliphatic heterocycles. The molecular formula is C26H30N2O5S. The number of sulfonamides is 1. The lowest BCUT2D eigenvalue weighted by molar-refractivity contribution is -0.119.